The van der Waals surface area contributed by atoms with Crippen molar-refractivity contribution in [3.8, 4) is 0 Å². The van der Waals surface area contributed by atoms with Gasteiger partial charge in [0, 0.05) is 0 Å². The van der Waals surface area contributed by atoms with Crippen molar-refractivity contribution in [3.63, 3.8) is 0 Å². The highest BCUT2D eigenvalue weighted by Crippen LogP contribution is 2.38. The average molecular weight is 232 g/mol. The van der Waals surface area contributed by atoms with Crippen LogP contribution in [0.1, 0.15) is 46.0 Å². The zero-order valence-electron chi connectivity index (χ0n) is 11.0. The molecule has 2 aliphatic rings. The van der Waals surface area contributed by atoms with Crippen molar-refractivity contribution in [1.82, 2.24) is 0 Å². The second-order valence-electron chi connectivity index (χ2n) is 6.26. The topological polar surface area (TPSA) is 20.2 Å². The summed E-state index contributed by atoms with van der Waals surface area (Å²) in [5.74, 6) is 0. The molecule has 1 heteroatoms. The van der Waals surface area contributed by atoms with Crippen LogP contribution in [0.3, 0.4) is 0 Å². The lowest BCUT2D eigenvalue weighted by molar-refractivity contribution is 0.156. The molecule has 0 aromatic rings. The number of hydrogen-bond donors (Lipinski definition) is 1. The van der Waals surface area contributed by atoms with Gasteiger partial charge in [-0.2, -0.15) is 0 Å². The maximum Gasteiger partial charge on any atom is 0.0729 e. The fourth-order valence-corrected chi connectivity index (χ4v) is 2.80. The first-order valence-electron chi connectivity index (χ1n) is 6.72. The smallest absolute Gasteiger partial charge is 0.0729 e. The third kappa shape index (κ3) is 3.32. The van der Waals surface area contributed by atoms with Crippen LogP contribution in [0.15, 0.2) is 36.5 Å². The van der Waals surface area contributed by atoms with Gasteiger partial charge in [0.15, 0.2) is 0 Å². The van der Waals surface area contributed by atoms with Gasteiger partial charge in [0.2, 0.25) is 0 Å². The first-order chi connectivity index (χ1) is 8.02. The van der Waals surface area contributed by atoms with Crippen LogP contribution < -0.4 is 0 Å². The Labute approximate surface area is 105 Å². The summed E-state index contributed by atoms with van der Waals surface area (Å²) in [5, 5.41) is 9.71. The lowest BCUT2D eigenvalue weighted by atomic mass is 9.73. The van der Waals surface area contributed by atoms with Gasteiger partial charge in [0.05, 0.1) is 6.10 Å². The SMILES string of the molecule is CC1(C=CC2(C)CC=CC(O)C2)CC=CCC1. The Balaban J connectivity index is 2.04. The summed E-state index contributed by atoms with van der Waals surface area (Å²) >= 11 is 0. The molecule has 0 aromatic carbocycles. The number of aliphatic hydroxyl groups is 1. The molecule has 0 aliphatic heterocycles. The zero-order chi connectivity index (χ0) is 12.4. The highest BCUT2D eigenvalue weighted by molar-refractivity contribution is 5.14. The van der Waals surface area contributed by atoms with E-state index in [2.05, 4.69) is 44.2 Å². The zero-order valence-corrected chi connectivity index (χ0v) is 11.0. The van der Waals surface area contributed by atoms with Gasteiger partial charge in [-0.1, -0.05) is 50.3 Å². The van der Waals surface area contributed by atoms with Crippen LogP contribution in [-0.4, -0.2) is 11.2 Å². The van der Waals surface area contributed by atoms with Crippen LogP contribution in [-0.2, 0) is 0 Å². The summed E-state index contributed by atoms with van der Waals surface area (Å²) in [6.07, 6.45) is 18.6. The van der Waals surface area contributed by atoms with E-state index in [1.807, 2.05) is 6.08 Å². The quantitative estimate of drug-likeness (QED) is 0.713. The monoisotopic (exact) mass is 232 g/mol. The fraction of sp³-hybridized carbons (Fsp3) is 0.625. The molecule has 0 aromatic heterocycles. The van der Waals surface area contributed by atoms with Gasteiger partial charge in [0.1, 0.15) is 0 Å². The Kier molecular flexibility index (Phi) is 3.58. The van der Waals surface area contributed by atoms with Gasteiger partial charge >= 0.3 is 0 Å². The minimum Gasteiger partial charge on any atom is -0.389 e. The van der Waals surface area contributed by atoms with Gasteiger partial charge < -0.3 is 5.11 Å². The van der Waals surface area contributed by atoms with Crippen LogP contribution in [0.2, 0.25) is 0 Å². The first kappa shape index (κ1) is 12.6. The largest absolute Gasteiger partial charge is 0.389 e. The van der Waals surface area contributed by atoms with Crippen molar-refractivity contribution in [2.75, 3.05) is 0 Å². The molecular weight excluding hydrogens is 208 g/mol. The van der Waals surface area contributed by atoms with Gasteiger partial charge in [-0.15, -0.1) is 0 Å². The van der Waals surface area contributed by atoms with E-state index in [9.17, 15) is 5.11 Å². The predicted octanol–water partition coefficient (Wildman–Crippen LogP) is 4.01. The van der Waals surface area contributed by atoms with Crippen molar-refractivity contribution in [3.05, 3.63) is 36.5 Å². The lowest BCUT2D eigenvalue weighted by Gasteiger charge is -2.33. The van der Waals surface area contributed by atoms with E-state index in [0.717, 1.165) is 19.3 Å². The Hall–Kier alpha value is -0.820. The highest BCUT2D eigenvalue weighted by Gasteiger charge is 2.28. The molecule has 0 heterocycles. The molecule has 3 unspecified atom stereocenters. The maximum atomic E-state index is 9.71. The fourth-order valence-electron chi connectivity index (χ4n) is 2.80. The molecule has 2 aliphatic carbocycles. The van der Waals surface area contributed by atoms with E-state index in [1.54, 1.807) is 0 Å². The van der Waals surface area contributed by atoms with Crippen LogP contribution in [0.5, 0.6) is 0 Å². The lowest BCUT2D eigenvalue weighted by Crippen LogP contribution is -2.24. The maximum absolute atomic E-state index is 9.71. The molecular formula is C16H24O. The van der Waals surface area contributed by atoms with E-state index < -0.39 is 0 Å². The summed E-state index contributed by atoms with van der Waals surface area (Å²) in [6, 6.07) is 0. The Morgan fingerprint density at radius 1 is 1.06 bits per heavy atom. The Bertz CT molecular complexity index is 353. The van der Waals surface area contributed by atoms with Crippen molar-refractivity contribution in [1.29, 1.82) is 0 Å². The molecule has 94 valence electrons. The average Bonchev–Trinajstić information content (AvgIpc) is 2.28. The molecule has 17 heavy (non-hydrogen) atoms. The van der Waals surface area contributed by atoms with Crippen LogP contribution in [0.25, 0.3) is 0 Å². The molecule has 0 amide bonds. The van der Waals surface area contributed by atoms with Gasteiger partial charge in [-0.25, -0.2) is 0 Å². The number of hydrogen-bond acceptors (Lipinski definition) is 1. The summed E-state index contributed by atoms with van der Waals surface area (Å²) in [6.45, 7) is 4.59. The van der Waals surface area contributed by atoms with E-state index in [4.69, 9.17) is 0 Å². The van der Waals surface area contributed by atoms with Crippen molar-refractivity contribution >= 4 is 0 Å². The third-order valence-electron chi connectivity index (χ3n) is 4.14. The minimum absolute atomic E-state index is 0.137. The van der Waals surface area contributed by atoms with Crippen molar-refractivity contribution in [2.24, 2.45) is 10.8 Å². The molecule has 1 N–H and O–H groups in total. The van der Waals surface area contributed by atoms with E-state index in [0.29, 0.717) is 5.41 Å². The normalized spacial score (nSPS) is 42.2. The van der Waals surface area contributed by atoms with E-state index in [1.165, 1.54) is 12.8 Å². The Morgan fingerprint density at radius 2 is 1.76 bits per heavy atom. The molecule has 1 nitrogen and oxygen atoms in total. The molecule has 0 spiro atoms. The van der Waals surface area contributed by atoms with Crippen molar-refractivity contribution < 1.29 is 5.11 Å². The van der Waals surface area contributed by atoms with Crippen molar-refractivity contribution in [2.45, 2.75) is 52.1 Å². The van der Waals surface area contributed by atoms with E-state index in [-0.39, 0.29) is 11.5 Å². The molecule has 0 fully saturated rings. The third-order valence-corrected chi connectivity index (χ3v) is 4.14. The van der Waals surface area contributed by atoms with Gasteiger partial charge in [-0.05, 0) is 42.9 Å². The van der Waals surface area contributed by atoms with Crippen LogP contribution in [0, 0.1) is 10.8 Å². The second-order valence-corrected chi connectivity index (χ2v) is 6.26. The molecule has 0 saturated carbocycles. The predicted molar refractivity (Wildman–Crippen MR) is 72.7 cm³/mol. The van der Waals surface area contributed by atoms with Crippen LogP contribution >= 0.6 is 0 Å². The number of allylic oxidation sites excluding steroid dienone is 5. The molecule has 0 bridgehead atoms. The van der Waals surface area contributed by atoms with Crippen LogP contribution in [0.4, 0.5) is 0 Å². The summed E-state index contributed by atoms with van der Waals surface area (Å²) in [5.41, 5.74) is 0.461. The summed E-state index contributed by atoms with van der Waals surface area (Å²) in [7, 11) is 0. The standard InChI is InChI=1S/C16H24O/c1-15(8-4-3-5-9-15)11-12-16(2)10-6-7-14(17)13-16/h3-4,6-7,11-12,14,17H,5,8-10,13H2,1-2H3. The molecule has 3 atom stereocenters. The summed E-state index contributed by atoms with van der Waals surface area (Å²) in [4.78, 5) is 0. The molecule has 0 radical (unpaired) electrons. The minimum atomic E-state index is -0.266. The molecule has 0 saturated heterocycles. The molecule has 2 rings (SSSR count). The summed E-state index contributed by atoms with van der Waals surface area (Å²) < 4.78 is 0. The second kappa shape index (κ2) is 4.81. The van der Waals surface area contributed by atoms with Gasteiger partial charge in [-0.3, -0.25) is 0 Å². The number of aliphatic hydroxyl groups excluding tert-OH is 1. The van der Waals surface area contributed by atoms with E-state index >= 15 is 0 Å². The van der Waals surface area contributed by atoms with Gasteiger partial charge in [0.25, 0.3) is 0 Å². The Morgan fingerprint density at radius 3 is 2.41 bits per heavy atom. The highest BCUT2D eigenvalue weighted by atomic mass is 16.3. The first-order valence-corrected chi connectivity index (χ1v) is 6.72. The number of rotatable bonds is 2.